The van der Waals surface area contributed by atoms with Gasteiger partial charge in [0, 0.05) is 100 Å². The van der Waals surface area contributed by atoms with Crippen LogP contribution in [0.4, 0.5) is 31.7 Å². The van der Waals surface area contributed by atoms with E-state index in [9.17, 15) is 28.0 Å². The summed E-state index contributed by atoms with van der Waals surface area (Å²) in [5, 5.41) is 25.8. The van der Waals surface area contributed by atoms with Gasteiger partial charge in [0.2, 0.25) is 5.91 Å². The van der Waals surface area contributed by atoms with E-state index in [1.165, 1.54) is 12.1 Å². The van der Waals surface area contributed by atoms with E-state index in [-0.39, 0.29) is 30.7 Å². The Bertz CT molecular complexity index is 2810. The van der Waals surface area contributed by atoms with E-state index >= 15 is 0 Å². The predicted octanol–water partition coefficient (Wildman–Crippen LogP) is 4.62. The van der Waals surface area contributed by atoms with Crippen LogP contribution in [0.1, 0.15) is 53.2 Å². The fourth-order valence-electron chi connectivity index (χ4n) is 9.40. The summed E-state index contributed by atoms with van der Waals surface area (Å²) in [6.07, 6.45) is 2.28. The second kappa shape index (κ2) is 17.4. The third-order valence-corrected chi connectivity index (χ3v) is 12.8. The number of carbonyl (C=O) groups excluding carboxylic acids is 3. The van der Waals surface area contributed by atoms with Crippen LogP contribution in [0.2, 0.25) is 0 Å². The van der Waals surface area contributed by atoms with Gasteiger partial charge in [-0.2, -0.15) is 9.78 Å². The minimum atomic E-state index is -0.883. The van der Waals surface area contributed by atoms with Crippen LogP contribution in [0.5, 0.6) is 0 Å². The van der Waals surface area contributed by atoms with Gasteiger partial charge in [-0.15, -0.1) is 5.10 Å². The molecule has 64 heavy (non-hydrogen) atoms. The van der Waals surface area contributed by atoms with Gasteiger partial charge in [-0.25, -0.2) is 8.78 Å². The lowest BCUT2D eigenvalue weighted by Gasteiger charge is -2.45. The minimum absolute atomic E-state index is 0.134. The van der Waals surface area contributed by atoms with Gasteiger partial charge < -0.3 is 25.2 Å². The number of aromatic amines is 1. The molecule has 4 aliphatic heterocycles. The van der Waals surface area contributed by atoms with E-state index in [4.69, 9.17) is 4.74 Å². The number of hydrogen-bond donors (Lipinski definition) is 4. The number of hydrogen-bond acceptors (Lipinski definition) is 12. The monoisotopic (exact) mass is 871 g/mol. The number of aromatic nitrogens is 5. The molecule has 2 aromatic heterocycles. The third-order valence-electron chi connectivity index (χ3n) is 12.8. The number of piperidine rings is 1. The number of halogens is 2. The Hall–Kier alpha value is -6.79. The van der Waals surface area contributed by atoms with Crippen molar-refractivity contribution in [3.05, 3.63) is 111 Å². The Kier molecular flexibility index (Phi) is 11.2. The van der Waals surface area contributed by atoms with E-state index in [1.807, 2.05) is 42.5 Å². The van der Waals surface area contributed by atoms with E-state index in [0.29, 0.717) is 64.3 Å². The first-order valence-electron chi connectivity index (χ1n) is 21.8. The van der Waals surface area contributed by atoms with Crippen LogP contribution in [-0.4, -0.2) is 113 Å². The van der Waals surface area contributed by atoms with Crippen molar-refractivity contribution >= 4 is 62.4 Å². The molecule has 0 aliphatic carbocycles. The van der Waals surface area contributed by atoms with Gasteiger partial charge >= 0.3 is 0 Å². The molecular weight excluding hydrogens is 825 g/mol. The molecule has 4 N–H and O–H groups in total. The van der Waals surface area contributed by atoms with Gasteiger partial charge in [0.15, 0.2) is 5.82 Å². The number of nitrogens with zero attached hydrogens (tertiary/aromatic N) is 7. The molecule has 16 nitrogen and oxygen atoms in total. The first-order valence-corrected chi connectivity index (χ1v) is 21.8. The summed E-state index contributed by atoms with van der Waals surface area (Å²) in [7, 11) is 0. The molecule has 0 saturated carbocycles. The highest BCUT2D eigenvalue weighted by Crippen LogP contribution is 2.32. The standard InChI is InChI=1S/C46H47F2N11O5/c47-30-19-28(20-31(48)22-30)18-27-4-7-36-35(21-27)43(54-52-36)51-44(61)34-6-5-33(23-38(34)49-32-10-16-64-17-11-32)57-14-12-56(13-15-57)24-29-25-58(26-29)39-3-1-2-37-42(39)46(63)59(55-53-37)40-8-9-41(60)50-45(40)62/h1-7,19-23,29,32,40,49H,8-18,24-26H2,(H,50,60,62)(H2,51,52,54,61). The molecule has 10 rings (SSSR count). The molecule has 4 aromatic carbocycles. The summed E-state index contributed by atoms with van der Waals surface area (Å²) in [6, 6.07) is 19.7. The van der Waals surface area contributed by atoms with Crippen molar-refractivity contribution in [2.45, 2.75) is 44.2 Å². The zero-order valence-electron chi connectivity index (χ0n) is 35.0. The second-order valence-corrected chi connectivity index (χ2v) is 17.2. The highest BCUT2D eigenvalue weighted by molar-refractivity contribution is 6.11. The van der Waals surface area contributed by atoms with Crippen molar-refractivity contribution in [3.8, 4) is 0 Å². The second-order valence-electron chi connectivity index (χ2n) is 17.2. The van der Waals surface area contributed by atoms with Crippen LogP contribution in [0, 0.1) is 17.6 Å². The maximum Gasteiger partial charge on any atom is 0.280 e. The summed E-state index contributed by atoms with van der Waals surface area (Å²) in [6.45, 7) is 7.10. The van der Waals surface area contributed by atoms with Crippen LogP contribution in [0.15, 0.2) is 77.6 Å². The van der Waals surface area contributed by atoms with Gasteiger partial charge in [0.1, 0.15) is 23.2 Å². The molecule has 18 heteroatoms. The van der Waals surface area contributed by atoms with Crippen LogP contribution in [-0.2, 0) is 20.7 Å². The van der Waals surface area contributed by atoms with E-state index < -0.39 is 29.1 Å². The van der Waals surface area contributed by atoms with Crippen LogP contribution >= 0.6 is 0 Å². The molecule has 1 unspecified atom stereocenters. The Morgan fingerprint density at radius 1 is 0.859 bits per heavy atom. The smallest absolute Gasteiger partial charge is 0.280 e. The van der Waals surface area contributed by atoms with Gasteiger partial charge in [-0.1, -0.05) is 17.3 Å². The molecular formula is C46H47F2N11O5. The van der Waals surface area contributed by atoms with Gasteiger partial charge in [-0.05, 0) is 91.4 Å². The number of benzene rings is 4. The van der Waals surface area contributed by atoms with Crippen LogP contribution < -0.4 is 31.3 Å². The largest absolute Gasteiger partial charge is 0.381 e. The number of fused-ring (bicyclic) bond motifs is 2. The van der Waals surface area contributed by atoms with Gasteiger partial charge in [-0.3, -0.25) is 34.5 Å². The molecule has 6 aromatic rings. The number of nitrogens with one attached hydrogen (secondary N) is 4. The third kappa shape index (κ3) is 8.49. The molecule has 0 radical (unpaired) electrons. The summed E-state index contributed by atoms with van der Waals surface area (Å²) >= 11 is 0. The molecule has 4 fully saturated rings. The molecule has 6 heterocycles. The zero-order chi connectivity index (χ0) is 43.9. The van der Waals surface area contributed by atoms with Crippen molar-refractivity contribution in [3.63, 3.8) is 0 Å². The molecule has 1 atom stereocenters. The lowest BCUT2D eigenvalue weighted by atomic mass is 9.97. The Morgan fingerprint density at radius 2 is 1.66 bits per heavy atom. The predicted molar refractivity (Wildman–Crippen MR) is 237 cm³/mol. The fourth-order valence-corrected chi connectivity index (χ4v) is 9.40. The average molecular weight is 872 g/mol. The lowest BCUT2D eigenvalue weighted by molar-refractivity contribution is -0.136. The number of rotatable bonds is 11. The number of carbonyl (C=O) groups is 3. The first-order chi connectivity index (χ1) is 31.1. The van der Waals surface area contributed by atoms with Crippen molar-refractivity contribution in [2.24, 2.45) is 5.92 Å². The van der Waals surface area contributed by atoms with Crippen molar-refractivity contribution in [1.82, 2.24) is 35.4 Å². The molecule has 330 valence electrons. The first kappa shape index (κ1) is 41.2. The molecule has 4 saturated heterocycles. The molecule has 4 aliphatic rings. The maximum absolute atomic E-state index is 14.0. The topological polar surface area (TPSA) is 183 Å². The van der Waals surface area contributed by atoms with E-state index in [2.05, 4.69) is 57.2 Å². The van der Waals surface area contributed by atoms with Gasteiger partial charge in [0.25, 0.3) is 17.4 Å². The number of H-pyrrole nitrogens is 1. The molecule has 0 spiro atoms. The zero-order valence-corrected chi connectivity index (χ0v) is 35.0. The lowest BCUT2D eigenvalue weighted by Crippen LogP contribution is -2.55. The highest BCUT2D eigenvalue weighted by Gasteiger charge is 2.34. The summed E-state index contributed by atoms with van der Waals surface area (Å²) in [5.74, 6) is -1.73. The summed E-state index contributed by atoms with van der Waals surface area (Å²) in [4.78, 5) is 59.1. The maximum atomic E-state index is 14.0. The normalized spacial score (nSPS) is 18.9. The van der Waals surface area contributed by atoms with Crippen LogP contribution in [0.3, 0.4) is 0 Å². The average Bonchev–Trinajstić information content (AvgIpc) is 3.66. The Morgan fingerprint density at radius 3 is 2.44 bits per heavy atom. The van der Waals surface area contributed by atoms with Gasteiger partial charge in [0.05, 0.1) is 22.2 Å². The minimum Gasteiger partial charge on any atom is -0.381 e. The van der Waals surface area contributed by atoms with Crippen LogP contribution in [0.25, 0.3) is 21.8 Å². The summed E-state index contributed by atoms with van der Waals surface area (Å²) in [5.41, 5.74) is 5.11. The Labute approximate surface area is 365 Å². The summed E-state index contributed by atoms with van der Waals surface area (Å²) < 4.78 is 34.5. The molecule has 3 amide bonds. The number of ether oxygens (including phenoxy) is 1. The van der Waals surface area contributed by atoms with Crippen molar-refractivity contribution < 1.29 is 27.9 Å². The quantitative estimate of drug-likeness (QED) is 0.133. The number of imide groups is 1. The SMILES string of the molecule is O=C1CCC(n2nnc3cccc(N4CC(CN5CCN(c6ccc(C(=O)Nc7n[nH]c8ccc(Cc9cc(F)cc(F)c9)cc78)c(NC7CCOCC7)c6)CC5)C4)c3c2=O)C(=O)N1. The van der Waals surface area contributed by atoms with E-state index in [0.717, 1.165) is 92.0 Å². The Balaban J connectivity index is 0.791. The highest BCUT2D eigenvalue weighted by atomic mass is 19.1. The van der Waals surface area contributed by atoms with E-state index in [1.54, 1.807) is 6.07 Å². The number of amides is 3. The van der Waals surface area contributed by atoms with Crippen molar-refractivity contribution in [1.29, 1.82) is 0 Å². The molecule has 0 bridgehead atoms. The van der Waals surface area contributed by atoms with Crippen molar-refractivity contribution in [2.75, 3.05) is 79.5 Å². The number of anilines is 4. The number of piperazine rings is 1. The fraction of sp³-hybridized carbons (Fsp3) is 0.370.